The molecule has 1 fully saturated rings. The van der Waals surface area contributed by atoms with Gasteiger partial charge in [0.05, 0.1) is 23.2 Å². The number of hydrogen-bond donors (Lipinski definition) is 1. The fourth-order valence-corrected chi connectivity index (χ4v) is 3.76. The van der Waals surface area contributed by atoms with Gasteiger partial charge in [-0.1, -0.05) is 6.07 Å². The third-order valence-corrected chi connectivity index (χ3v) is 5.15. The highest BCUT2D eigenvalue weighted by atomic mass is 32.2. The molecule has 1 aliphatic rings. The number of β-amino-alcohol motifs (C(OH)–C–C–N with tert-alkyl or cyclic N) is 1. The lowest BCUT2D eigenvalue weighted by Crippen LogP contribution is -2.34. The Kier molecular flexibility index (Phi) is 3.86. The van der Waals surface area contributed by atoms with Gasteiger partial charge in [0, 0.05) is 13.1 Å². The molecule has 0 aliphatic carbocycles. The van der Waals surface area contributed by atoms with Gasteiger partial charge < -0.3 is 9.84 Å². The molecule has 1 aliphatic heterocycles. The van der Waals surface area contributed by atoms with Crippen LogP contribution in [0.15, 0.2) is 29.2 Å². The van der Waals surface area contributed by atoms with Crippen molar-refractivity contribution in [3.05, 3.63) is 29.8 Å². The largest absolute Gasteiger partial charge is 0.465 e. The molecule has 1 atom stereocenters. The van der Waals surface area contributed by atoms with Crippen molar-refractivity contribution in [2.45, 2.75) is 23.8 Å². The Morgan fingerprint density at radius 1 is 1.45 bits per heavy atom. The minimum Gasteiger partial charge on any atom is -0.465 e. The van der Waals surface area contributed by atoms with Crippen molar-refractivity contribution in [3.63, 3.8) is 0 Å². The maximum Gasteiger partial charge on any atom is 0.337 e. The van der Waals surface area contributed by atoms with E-state index < -0.39 is 21.6 Å². The Balaban J connectivity index is 2.33. The van der Waals surface area contributed by atoms with Gasteiger partial charge in [0.1, 0.15) is 0 Å². The first-order valence-corrected chi connectivity index (χ1v) is 7.61. The molecule has 2 rings (SSSR count). The highest BCUT2D eigenvalue weighted by Crippen LogP contribution is 2.27. The summed E-state index contributed by atoms with van der Waals surface area (Å²) in [7, 11) is -2.47. The molecule has 0 aromatic heterocycles. The zero-order valence-corrected chi connectivity index (χ0v) is 12.2. The quantitative estimate of drug-likeness (QED) is 0.827. The maximum atomic E-state index is 12.4. The van der Waals surface area contributed by atoms with E-state index in [1.54, 1.807) is 6.92 Å². The number of carbonyl (C=O) groups is 1. The summed E-state index contributed by atoms with van der Waals surface area (Å²) in [6, 6.07) is 5.70. The molecule has 20 heavy (non-hydrogen) atoms. The Bertz CT molecular complexity index is 623. The summed E-state index contributed by atoms with van der Waals surface area (Å²) in [5, 5.41) is 9.88. The van der Waals surface area contributed by atoms with Crippen molar-refractivity contribution in [2.75, 3.05) is 20.2 Å². The van der Waals surface area contributed by atoms with Gasteiger partial charge >= 0.3 is 5.97 Å². The summed E-state index contributed by atoms with van der Waals surface area (Å²) in [4.78, 5) is 11.5. The highest BCUT2D eigenvalue weighted by molar-refractivity contribution is 7.89. The molecule has 1 saturated heterocycles. The number of ether oxygens (including phenoxy) is 1. The fourth-order valence-electron chi connectivity index (χ4n) is 2.16. The van der Waals surface area contributed by atoms with E-state index in [2.05, 4.69) is 4.74 Å². The van der Waals surface area contributed by atoms with Gasteiger partial charge in [0.2, 0.25) is 10.0 Å². The minimum atomic E-state index is -3.71. The number of nitrogens with zero attached hydrogens (tertiary/aromatic N) is 1. The van der Waals surface area contributed by atoms with Crippen molar-refractivity contribution in [2.24, 2.45) is 0 Å². The van der Waals surface area contributed by atoms with Gasteiger partial charge in [-0.2, -0.15) is 4.31 Å². The standard InChI is InChI=1S/C13H17NO5S/c1-13(16)6-7-14(9-13)20(17,18)11-5-3-4-10(8-11)12(15)19-2/h3-5,8,16H,6-7,9H2,1-2H3. The van der Waals surface area contributed by atoms with Crippen molar-refractivity contribution >= 4 is 16.0 Å². The van der Waals surface area contributed by atoms with Crippen LogP contribution < -0.4 is 0 Å². The molecule has 1 aromatic rings. The molecule has 1 aromatic carbocycles. The van der Waals surface area contributed by atoms with E-state index in [1.165, 1.54) is 35.7 Å². The molecule has 0 amide bonds. The van der Waals surface area contributed by atoms with E-state index in [9.17, 15) is 18.3 Å². The van der Waals surface area contributed by atoms with Gasteiger partial charge in [-0.25, -0.2) is 13.2 Å². The molecule has 6 nitrogen and oxygen atoms in total. The zero-order chi connectivity index (χ0) is 15.0. The molecule has 0 saturated carbocycles. The van der Waals surface area contributed by atoms with E-state index in [-0.39, 0.29) is 23.5 Å². The van der Waals surface area contributed by atoms with Crippen LogP contribution in [0.5, 0.6) is 0 Å². The summed E-state index contributed by atoms with van der Waals surface area (Å²) < 4.78 is 30.7. The predicted molar refractivity (Wildman–Crippen MR) is 71.8 cm³/mol. The van der Waals surface area contributed by atoms with Crippen molar-refractivity contribution < 1.29 is 23.1 Å². The van der Waals surface area contributed by atoms with Gasteiger partial charge in [0.25, 0.3) is 0 Å². The van der Waals surface area contributed by atoms with Gasteiger partial charge in [-0.05, 0) is 31.5 Å². The smallest absolute Gasteiger partial charge is 0.337 e. The molecule has 0 radical (unpaired) electrons. The zero-order valence-electron chi connectivity index (χ0n) is 11.4. The number of esters is 1. The minimum absolute atomic E-state index is 0.0260. The van der Waals surface area contributed by atoms with E-state index in [0.29, 0.717) is 6.42 Å². The first kappa shape index (κ1) is 15.0. The average Bonchev–Trinajstić information content (AvgIpc) is 2.79. The normalized spacial score (nSPS) is 23.8. The SMILES string of the molecule is COC(=O)c1cccc(S(=O)(=O)N2CCC(C)(O)C2)c1. The van der Waals surface area contributed by atoms with Crippen LogP contribution in [-0.2, 0) is 14.8 Å². The van der Waals surface area contributed by atoms with E-state index in [0.717, 1.165) is 0 Å². The van der Waals surface area contributed by atoms with Gasteiger partial charge in [-0.3, -0.25) is 0 Å². The predicted octanol–water partition coefficient (Wildman–Crippen LogP) is 0.619. The second kappa shape index (κ2) is 5.16. The monoisotopic (exact) mass is 299 g/mol. The summed E-state index contributed by atoms with van der Waals surface area (Å²) in [5.41, 5.74) is -0.827. The topological polar surface area (TPSA) is 83.9 Å². The molecule has 1 heterocycles. The van der Waals surface area contributed by atoms with Crippen LogP contribution >= 0.6 is 0 Å². The average molecular weight is 299 g/mol. The first-order valence-electron chi connectivity index (χ1n) is 6.17. The Morgan fingerprint density at radius 2 is 2.15 bits per heavy atom. The van der Waals surface area contributed by atoms with Gasteiger partial charge in [-0.15, -0.1) is 0 Å². The van der Waals surface area contributed by atoms with E-state index in [4.69, 9.17) is 0 Å². The third-order valence-electron chi connectivity index (χ3n) is 3.31. The Labute approximate surface area is 118 Å². The van der Waals surface area contributed by atoms with Crippen molar-refractivity contribution in [1.29, 1.82) is 0 Å². The van der Waals surface area contributed by atoms with E-state index >= 15 is 0 Å². The second-order valence-electron chi connectivity index (χ2n) is 5.10. The fraction of sp³-hybridized carbons (Fsp3) is 0.462. The van der Waals surface area contributed by atoms with Crippen LogP contribution in [0.3, 0.4) is 0 Å². The third kappa shape index (κ3) is 2.84. The van der Waals surface area contributed by atoms with Crippen LogP contribution in [0.4, 0.5) is 0 Å². The van der Waals surface area contributed by atoms with Gasteiger partial charge in [0.15, 0.2) is 0 Å². The number of hydrogen-bond acceptors (Lipinski definition) is 5. The van der Waals surface area contributed by atoms with Crippen LogP contribution in [0.2, 0.25) is 0 Å². The Hall–Kier alpha value is -1.44. The maximum absolute atomic E-state index is 12.4. The molecular weight excluding hydrogens is 282 g/mol. The highest BCUT2D eigenvalue weighted by Gasteiger charge is 2.38. The molecule has 7 heteroatoms. The van der Waals surface area contributed by atoms with Crippen LogP contribution in [0.1, 0.15) is 23.7 Å². The summed E-state index contributed by atoms with van der Waals surface area (Å²) in [6.07, 6.45) is 0.392. The number of aliphatic hydroxyl groups is 1. The molecule has 1 N–H and O–H groups in total. The summed E-state index contributed by atoms with van der Waals surface area (Å²) >= 11 is 0. The first-order chi connectivity index (χ1) is 9.26. The molecule has 1 unspecified atom stereocenters. The molecule has 0 spiro atoms. The Morgan fingerprint density at radius 3 is 2.70 bits per heavy atom. The van der Waals surface area contributed by atoms with Crippen molar-refractivity contribution in [3.8, 4) is 0 Å². The number of methoxy groups -OCH3 is 1. The second-order valence-corrected chi connectivity index (χ2v) is 7.04. The van der Waals surface area contributed by atoms with Crippen LogP contribution in [0.25, 0.3) is 0 Å². The molecule has 0 bridgehead atoms. The number of benzene rings is 1. The number of rotatable bonds is 3. The number of sulfonamides is 1. The molecular formula is C13H17NO5S. The summed E-state index contributed by atoms with van der Waals surface area (Å²) in [6.45, 7) is 1.92. The number of carbonyl (C=O) groups excluding carboxylic acids is 1. The lowest BCUT2D eigenvalue weighted by Gasteiger charge is -2.19. The van der Waals surface area contributed by atoms with Crippen LogP contribution in [0, 0.1) is 0 Å². The van der Waals surface area contributed by atoms with Crippen LogP contribution in [-0.4, -0.2) is 49.6 Å². The van der Waals surface area contributed by atoms with Crippen molar-refractivity contribution in [1.82, 2.24) is 4.31 Å². The lowest BCUT2D eigenvalue weighted by molar-refractivity contribution is 0.0600. The van der Waals surface area contributed by atoms with E-state index in [1.807, 2.05) is 0 Å². The summed E-state index contributed by atoms with van der Waals surface area (Å²) in [5.74, 6) is -0.588. The molecule has 110 valence electrons. The lowest BCUT2D eigenvalue weighted by atomic mass is 10.1.